The van der Waals surface area contributed by atoms with Gasteiger partial charge in [-0.2, -0.15) is 0 Å². The number of hydrogen-bond donors (Lipinski definition) is 0. The van der Waals surface area contributed by atoms with Crippen molar-refractivity contribution in [3.05, 3.63) is 69.8 Å². The molecule has 3 aliphatic carbocycles. The summed E-state index contributed by atoms with van der Waals surface area (Å²) in [5.41, 5.74) is 11.3. The molecule has 0 aliphatic heterocycles. The molecule has 234 valence electrons. The van der Waals surface area contributed by atoms with Gasteiger partial charge in [0.25, 0.3) is 0 Å². The van der Waals surface area contributed by atoms with Crippen LogP contribution in [0.4, 0.5) is 0 Å². The van der Waals surface area contributed by atoms with E-state index in [-0.39, 0.29) is 0 Å². The predicted octanol–water partition coefficient (Wildman–Crippen LogP) is 13.0. The van der Waals surface area contributed by atoms with Gasteiger partial charge in [0.15, 0.2) is 0 Å². The van der Waals surface area contributed by atoms with Crippen LogP contribution in [0.5, 0.6) is 0 Å². The molecule has 0 bridgehead atoms. The van der Waals surface area contributed by atoms with Crippen LogP contribution in [0.2, 0.25) is 0 Å². The molecule has 0 atom stereocenters. The Bertz CT molecular complexity index is 738. The molecule has 0 saturated carbocycles. The summed E-state index contributed by atoms with van der Waals surface area (Å²) >= 11 is 0. The highest BCUT2D eigenvalue weighted by Gasteiger charge is 2.23. The monoisotopic (exact) mass is 571 g/mol. The summed E-state index contributed by atoms with van der Waals surface area (Å²) in [6.45, 7) is 0. The van der Waals surface area contributed by atoms with Gasteiger partial charge in [-0.3, -0.25) is 0 Å². The van der Waals surface area contributed by atoms with Gasteiger partial charge >= 0.3 is 0 Å². The van der Waals surface area contributed by atoms with E-state index >= 15 is 0 Å². The third kappa shape index (κ3) is 11.8. The van der Waals surface area contributed by atoms with Gasteiger partial charge in [0, 0.05) is 0 Å². The lowest BCUT2D eigenvalue weighted by atomic mass is 9.77. The Morgan fingerprint density at radius 2 is 0.357 bits per heavy atom. The SMILES string of the molecule is C1=C\CCCCCc2c(c3c(c4c2CCCCC/C=C\CCCCC4)CCCCC/C=C\CCCCC3)CCCCC/1. The van der Waals surface area contributed by atoms with Gasteiger partial charge in [0.05, 0.1) is 0 Å². The molecule has 42 heavy (non-hydrogen) atoms. The highest BCUT2D eigenvalue weighted by Crippen LogP contribution is 2.36. The van der Waals surface area contributed by atoms with Crippen molar-refractivity contribution in [2.45, 2.75) is 193 Å². The molecule has 3 aliphatic rings. The molecule has 0 heterocycles. The van der Waals surface area contributed by atoms with Crippen LogP contribution in [-0.4, -0.2) is 0 Å². The summed E-state index contributed by atoms with van der Waals surface area (Å²) in [5, 5.41) is 0. The number of rotatable bonds is 0. The second kappa shape index (κ2) is 21.2. The summed E-state index contributed by atoms with van der Waals surface area (Å²) in [6.07, 6.45) is 55.7. The molecular formula is C42H66. The van der Waals surface area contributed by atoms with Crippen LogP contribution in [0.3, 0.4) is 0 Å². The Morgan fingerprint density at radius 1 is 0.190 bits per heavy atom. The maximum absolute atomic E-state index is 2.48. The van der Waals surface area contributed by atoms with Crippen molar-refractivity contribution < 1.29 is 0 Å². The predicted molar refractivity (Wildman–Crippen MR) is 187 cm³/mol. The van der Waals surface area contributed by atoms with Gasteiger partial charge in [-0.1, -0.05) is 75.0 Å². The normalized spacial score (nSPS) is 24.3. The van der Waals surface area contributed by atoms with E-state index in [0.717, 1.165) is 0 Å². The fourth-order valence-corrected chi connectivity index (χ4v) is 8.06. The van der Waals surface area contributed by atoms with E-state index in [1.54, 1.807) is 0 Å². The summed E-state index contributed by atoms with van der Waals surface area (Å²) in [4.78, 5) is 0. The maximum Gasteiger partial charge on any atom is -0.0273 e. The van der Waals surface area contributed by atoms with Crippen molar-refractivity contribution in [3.63, 3.8) is 0 Å². The van der Waals surface area contributed by atoms with E-state index in [1.807, 2.05) is 33.4 Å². The highest BCUT2D eigenvalue weighted by atomic mass is 14.3. The third-order valence-electron chi connectivity index (χ3n) is 10.5. The third-order valence-corrected chi connectivity index (χ3v) is 10.5. The molecule has 0 N–H and O–H groups in total. The fourth-order valence-electron chi connectivity index (χ4n) is 8.06. The zero-order chi connectivity index (χ0) is 28.9. The molecule has 0 unspecified atom stereocenters. The minimum Gasteiger partial charge on any atom is -0.0885 e. The first-order valence-corrected chi connectivity index (χ1v) is 19.1. The molecule has 0 saturated heterocycles. The molecule has 1 aromatic carbocycles. The number of fused-ring (bicyclic) bond motifs is 6. The fraction of sp³-hybridized carbons (Fsp3) is 0.714. The van der Waals surface area contributed by atoms with Crippen molar-refractivity contribution in [1.29, 1.82) is 0 Å². The number of benzene rings is 1. The Morgan fingerprint density at radius 3 is 0.524 bits per heavy atom. The van der Waals surface area contributed by atoms with E-state index < -0.39 is 0 Å². The van der Waals surface area contributed by atoms with Crippen molar-refractivity contribution in [2.24, 2.45) is 0 Å². The van der Waals surface area contributed by atoms with Crippen LogP contribution in [0.25, 0.3) is 0 Å². The molecule has 4 rings (SSSR count). The smallest absolute Gasteiger partial charge is 0.0273 e. The first kappa shape index (κ1) is 33.3. The zero-order valence-electron chi connectivity index (χ0n) is 27.7. The van der Waals surface area contributed by atoms with Crippen LogP contribution < -0.4 is 0 Å². The van der Waals surface area contributed by atoms with E-state index in [4.69, 9.17) is 0 Å². The molecule has 0 nitrogen and oxygen atoms in total. The molecule has 0 amide bonds. The Kier molecular flexibility index (Phi) is 16.8. The molecule has 1 aromatic rings. The number of allylic oxidation sites excluding steroid dienone is 6. The Labute approximate surface area is 261 Å². The molecule has 0 heteroatoms. The Hall–Kier alpha value is -1.56. The van der Waals surface area contributed by atoms with Gasteiger partial charge in [0.2, 0.25) is 0 Å². The molecule has 0 fully saturated rings. The van der Waals surface area contributed by atoms with Gasteiger partial charge in [-0.05, 0) is 187 Å². The van der Waals surface area contributed by atoms with Crippen molar-refractivity contribution in [2.75, 3.05) is 0 Å². The van der Waals surface area contributed by atoms with Gasteiger partial charge in [-0.15, -0.1) is 0 Å². The van der Waals surface area contributed by atoms with Crippen molar-refractivity contribution in [1.82, 2.24) is 0 Å². The van der Waals surface area contributed by atoms with Crippen LogP contribution in [0.15, 0.2) is 36.5 Å². The van der Waals surface area contributed by atoms with Gasteiger partial charge in [0.1, 0.15) is 0 Å². The van der Waals surface area contributed by atoms with E-state index in [0.29, 0.717) is 0 Å². The lowest BCUT2D eigenvalue weighted by Crippen LogP contribution is -2.15. The number of hydrogen-bond acceptors (Lipinski definition) is 0. The zero-order valence-corrected chi connectivity index (χ0v) is 27.7. The van der Waals surface area contributed by atoms with Crippen LogP contribution in [0, 0.1) is 0 Å². The minimum atomic E-state index is 1.29. The van der Waals surface area contributed by atoms with Crippen LogP contribution >= 0.6 is 0 Å². The summed E-state index contributed by atoms with van der Waals surface area (Å²) < 4.78 is 0. The lowest BCUT2D eigenvalue weighted by Gasteiger charge is -2.28. The average Bonchev–Trinajstić information content (AvgIpc) is 3.00. The van der Waals surface area contributed by atoms with Crippen molar-refractivity contribution in [3.8, 4) is 0 Å². The quantitative estimate of drug-likeness (QED) is 0.272. The standard InChI is InChI=1S/C42H66/c1-2-8-14-20-26-32-38-37(31-25-19-13-7-1)39-33-27-21-15-9-3-4-11-17-23-29-35-41(39)42-36-30-24-18-12-6-5-10-16-22-28-34-40(38)42/h1-6H,7-36H2/b2-1-,4-3-,6-5-. The largest absolute Gasteiger partial charge is 0.0885 e. The second-order valence-corrected chi connectivity index (χ2v) is 13.9. The van der Waals surface area contributed by atoms with Crippen LogP contribution in [0.1, 0.15) is 187 Å². The molecule has 0 radical (unpaired) electrons. The molecule has 0 spiro atoms. The van der Waals surface area contributed by atoms with E-state index in [2.05, 4.69) is 36.5 Å². The molecule has 0 aromatic heterocycles. The van der Waals surface area contributed by atoms with Crippen LogP contribution in [-0.2, 0) is 38.5 Å². The maximum atomic E-state index is 2.48. The summed E-state index contributed by atoms with van der Waals surface area (Å²) in [7, 11) is 0. The second-order valence-electron chi connectivity index (χ2n) is 13.9. The molecular weight excluding hydrogens is 504 g/mol. The first-order valence-electron chi connectivity index (χ1n) is 19.1. The van der Waals surface area contributed by atoms with Gasteiger partial charge in [-0.25, -0.2) is 0 Å². The summed E-state index contributed by atoms with van der Waals surface area (Å²) in [5.74, 6) is 0. The minimum absolute atomic E-state index is 1.29. The van der Waals surface area contributed by atoms with E-state index in [9.17, 15) is 0 Å². The summed E-state index contributed by atoms with van der Waals surface area (Å²) in [6, 6.07) is 0. The lowest BCUT2D eigenvalue weighted by molar-refractivity contribution is 0.618. The van der Waals surface area contributed by atoms with Crippen molar-refractivity contribution >= 4 is 0 Å². The van der Waals surface area contributed by atoms with Gasteiger partial charge < -0.3 is 0 Å². The Balaban J connectivity index is 1.75. The average molecular weight is 571 g/mol. The first-order chi connectivity index (χ1) is 20.9. The topological polar surface area (TPSA) is 0 Å². The highest BCUT2D eigenvalue weighted by molar-refractivity contribution is 5.53. The van der Waals surface area contributed by atoms with E-state index in [1.165, 1.54) is 193 Å².